The van der Waals surface area contributed by atoms with Crippen molar-refractivity contribution in [3.63, 3.8) is 0 Å². The zero-order valence-corrected chi connectivity index (χ0v) is 11.1. The van der Waals surface area contributed by atoms with E-state index in [1.165, 1.54) is 0 Å². The Bertz CT molecular complexity index is 416. The molecule has 0 saturated carbocycles. The highest BCUT2D eigenvalue weighted by Crippen LogP contribution is 2.31. The highest BCUT2D eigenvalue weighted by molar-refractivity contribution is 4.93. The summed E-state index contributed by atoms with van der Waals surface area (Å²) in [4.78, 5) is 2.39. The maximum absolute atomic E-state index is 5.73. The van der Waals surface area contributed by atoms with Gasteiger partial charge in [0.05, 0.1) is 19.8 Å². The lowest BCUT2D eigenvalue weighted by Crippen LogP contribution is -2.45. The van der Waals surface area contributed by atoms with Crippen LogP contribution in [0.3, 0.4) is 0 Å². The smallest absolute Gasteiger partial charge is 0.170 e. The number of aryl methyl sites for hydroxylation is 1. The Morgan fingerprint density at radius 2 is 1.83 bits per heavy atom. The Labute approximate surface area is 107 Å². The van der Waals surface area contributed by atoms with Gasteiger partial charge < -0.3 is 14.0 Å². The third kappa shape index (κ3) is 2.15. The molecule has 0 aliphatic carbocycles. The van der Waals surface area contributed by atoms with E-state index in [1.54, 1.807) is 0 Å². The van der Waals surface area contributed by atoms with Crippen molar-refractivity contribution in [3.8, 4) is 0 Å². The van der Waals surface area contributed by atoms with E-state index in [1.807, 2.05) is 18.5 Å². The molecule has 2 aliphatic rings. The summed E-state index contributed by atoms with van der Waals surface area (Å²) in [7, 11) is 2.01. The van der Waals surface area contributed by atoms with Crippen molar-refractivity contribution in [1.82, 2.24) is 19.7 Å². The van der Waals surface area contributed by atoms with Gasteiger partial charge in [0.1, 0.15) is 11.6 Å². The lowest BCUT2D eigenvalue weighted by molar-refractivity contribution is -0.186. The standard InChI is InChI=1S/C12H20N4O2/c1-10-13-14-11(15(10)2)9-16-5-3-12(4-6-16)17-7-8-18-12/h3-9H2,1-2H3. The summed E-state index contributed by atoms with van der Waals surface area (Å²) in [6, 6.07) is 0. The summed E-state index contributed by atoms with van der Waals surface area (Å²) in [5.41, 5.74) is 0. The largest absolute Gasteiger partial charge is 0.347 e. The van der Waals surface area contributed by atoms with Gasteiger partial charge in [0.15, 0.2) is 5.79 Å². The van der Waals surface area contributed by atoms with Crippen molar-refractivity contribution < 1.29 is 9.47 Å². The lowest BCUT2D eigenvalue weighted by Gasteiger charge is -2.37. The summed E-state index contributed by atoms with van der Waals surface area (Å²) in [6.45, 7) is 6.29. The van der Waals surface area contributed by atoms with Gasteiger partial charge in [-0.25, -0.2) is 0 Å². The van der Waals surface area contributed by atoms with Crippen LogP contribution in [0.15, 0.2) is 0 Å². The highest BCUT2D eigenvalue weighted by Gasteiger charge is 2.39. The molecular weight excluding hydrogens is 232 g/mol. The summed E-state index contributed by atoms with van der Waals surface area (Å²) in [6.07, 6.45) is 1.90. The molecule has 18 heavy (non-hydrogen) atoms. The van der Waals surface area contributed by atoms with Crippen molar-refractivity contribution in [2.75, 3.05) is 26.3 Å². The molecule has 100 valence electrons. The maximum Gasteiger partial charge on any atom is 0.170 e. The molecule has 2 saturated heterocycles. The predicted molar refractivity (Wildman–Crippen MR) is 64.9 cm³/mol. The molecule has 0 atom stereocenters. The fourth-order valence-corrected chi connectivity index (χ4v) is 2.63. The number of aromatic nitrogens is 3. The first kappa shape index (κ1) is 12.1. The second-order valence-corrected chi connectivity index (χ2v) is 5.11. The molecule has 6 heteroatoms. The van der Waals surface area contributed by atoms with Crippen LogP contribution in [-0.2, 0) is 23.1 Å². The van der Waals surface area contributed by atoms with Crippen molar-refractivity contribution in [2.45, 2.75) is 32.1 Å². The van der Waals surface area contributed by atoms with Crippen LogP contribution in [0.25, 0.3) is 0 Å². The van der Waals surface area contributed by atoms with Crippen LogP contribution >= 0.6 is 0 Å². The molecule has 0 aromatic carbocycles. The van der Waals surface area contributed by atoms with Gasteiger partial charge in [-0.3, -0.25) is 4.90 Å². The molecule has 0 bridgehead atoms. The third-order valence-corrected chi connectivity index (χ3v) is 3.98. The molecule has 3 heterocycles. The molecule has 2 aliphatic heterocycles. The van der Waals surface area contributed by atoms with E-state index in [0.717, 1.165) is 57.3 Å². The molecule has 1 aromatic heterocycles. The van der Waals surface area contributed by atoms with Gasteiger partial charge >= 0.3 is 0 Å². The van der Waals surface area contributed by atoms with Crippen molar-refractivity contribution in [1.29, 1.82) is 0 Å². The predicted octanol–water partition coefficient (Wildman–Crippen LogP) is 0.462. The van der Waals surface area contributed by atoms with E-state index in [-0.39, 0.29) is 5.79 Å². The second kappa shape index (κ2) is 4.60. The zero-order chi connectivity index (χ0) is 12.6. The van der Waals surface area contributed by atoms with Crippen molar-refractivity contribution in [2.24, 2.45) is 7.05 Å². The molecule has 0 amide bonds. The van der Waals surface area contributed by atoms with Gasteiger partial charge in [0.2, 0.25) is 0 Å². The normalized spacial score (nSPS) is 23.9. The fraction of sp³-hybridized carbons (Fsp3) is 0.833. The van der Waals surface area contributed by atoms with Crippen molar-refractivity contribution >= 4 is 0 Å². The number of rotatable bonds is 2. The first-order chi connectivity index (χ1) is 8.69. The number of nitrogens with zero attached hydrogens (tertiary/aromatic N) is 4. The highest BCUT2D eigenvalue weighted by atomic mass is 16.7. The van der Waals surface area contributed by atoms with Gasteiger partial charge in [-0.15, -0.1) is 10.2 Å². The van der Waals surface area contributed by atoms with Gasteiger partial charge in [-0.05, 0) is 6.92 Å². The number of hydrogen-bond donors (Lipinski definition) is 0. The average Bonchev–Trinajstić information content (AvgIpc) is 2.95. The SMILES string of the molecule is Cc1nnc(CN2CCC3(CC2)OCCO3)n1C. The molecule has 0 unspecified atom stereocenters. The summed E-state index contributed by atoms with van der Waals surface area (Å²) < 4.78 is 13.5. The molecule has 0 radical (unpaired) electrons. The minimum atomic E-state index is -0.285. The minimum Gasteiger partial charge on any atom is -0.347 e. The Morgan fingerprint density at radius 3 is 2.39 bits per heavy atom. The van der Waals surface area contributed by atoms with E-state index in [2.05, 4.69) is 15.1 Å². The number of likely N-dealkylation sites (tertiary alicyclic amines) is 1. The molecule has 1 spiro atoms. The van der Waals surface area contributed by atoms with E-state index in [4.69, 9.17) is 9.47 Å². The van der Waals surface area contributed by atoms with E-state index in [9.17, 15) is 0 Å². The van der Waals surface area contributed by atoms with Gasteiger partial charge in [0.25, 0.3) is 0 Å². The van der Waals surface area contributed by atoms with Gasteiger partial charge in [-0.2, -0.15) is 0 Å². The Morgan fingerprint density at radius 1 is 1.17 bits per heavy atom. The quantitative estimate of drug-likeness (QED) is 0.765. The molecular formula is C12H20N4O2. The summed E-state index contributed by atoms with van der Waals surface area (Å²) in [5.74, 6) is 1.70. The number of ether oxygens (including phenoxy) is 2. The first-order valence-electron chi connectivity index (χ1n) is 6.54. The average molecular weight is 252 g/mol. The maximum atomic E-state index is 5.73. The van der Waals surface area contributed by atoms with Crippen LogP contribution in [0.1, 0.15) is 24.5 Å². The van der Waals surface area contributed by atoms with Crippen LogP contribution in [0.5, 0.6) is 0 Å². The minimum absolute atomic E-state index is 0.285. The van der Waals surface area contributed by atoms with Crippen molar-refractivity contribution in [3.05, 3.63) is 11.6 Å². The lowest BCUT2D eigenvalue weighted by atomic mass is 10.0. The second-order valence-electron chi connectivity index (χ2n) is 5.11. The zero-order valence-electron chi connectivity index (χ0n) is 11.1. The van der Waals surface area contributed by atoms with Gasteiger partial charge in [0, 0.05) is 33.0 Å². The van der Waals surface area contributed by atoms with E-state index in [0.29, 0.717) is 0 Å². The Hall–Kier alpha value is -0.980. The molecule has 0 N–H and O–H groups in total. The Kier molecular flexibility index (Phi) is 3.09. The number of piperidine rings is 1. The monoisotopic (exact) mass is 252 g/mol. The van der Waals surface area contributed by atoms with E-state index >= 15 is 0 Å². The first-order valence-corrected chi connectivity index (χ1v) is 6.54. The molecule has 3 rings (SSSR count). The molecule has 6 nitrogen and oxygen atoms in total. The fourth-order valence-electron chi connectivity index (χ4n) is 2.63. The topological polar surface area (TPSA) is 52.4 Å². The van der Waals surface area contributed by atoms with Gasteiger partial charge in [-0.1, -0.05) is 0 Å². The van der Waals surface area contributed by atoms with Crippen LogP contribution in [-0.4, -0.2) is 51.8 Å². The summed E-state index contributed by atoms with van der Waals surface area (Å²) in [5, 5.41) is 8.30. The van der Waals surface area contributed by atoms with Crippen LogP contribution < -0.4 is 0 Å². The summed E-state index contributed by atoms with van der Waals surface area (Å²) >= 11 is 0. The number of hydrogen-bond acceptors (Lipinski definition) is 5. The van der Waals surface area contributed by atoms with Crippen LogP contribution in [0.2, 0.25) is 0 Å². The third-order valence-electron chi connectivity index (χ3n) is 3.98. The molecule has 1 aromatic rings. The van der Waals surface area contributed by atoms with Crippen LogP contribution in [0.4, 0.5) is 0 Å². The van der Waals surface area contributed by atoms with Crippen LogP contribution in [0, 0.1) is 6.92 Å². The van der Waals surface area contributed by atoms with E-state index < -0.39 is 0 Å². The Balaban J connectivity index is 1.58. The molecule has 2 fully saturated rings.